The van der Waals surface area contributed by atoms with Gasteiger partial charge in [0.1, 0.15) is 16.6 Å². The number of nitrogens with one attached hydrogen (secondary N) is 1. The minimum Gasteiger partial charge on any atom is -0.481 e. The molecule has 0 spiro atoms. The van der Waals surface area contributed by atoms with E-state index in [1.54, 1.807) is 18.2 Å². The number of rotatable bonds is 7. The number of pyridine rings is 1. The van der Waals surface area contributed by atoms with E-state index in [-0.39, 0.29) is 17.2 Å². The SMILES string of the molecule is COc1ccc(-c2nc(-c3cccc(NS(=O)(=O)c4c(F)cccc4F)c3F)c(-c3ccnc(N)n3)s2)cn1. The number of nitrogen functional groups attached to an aromatic ring is 1. The third kappa shape index (κ3) is 5.11. The van der Waals surface area contributed by atoms with Crippen molar-refractivity contribution < 1.29 is 26.3 Å². The molecule has 0 saturated carbocycles. The number of nitrogens with two attached hydrogens (primary N) is 1. The van der Waals surface area contributed by atoms with Crippen molar-refractivity contribution in [1.82, 2.24) is 19.9 Å². The number of sulfonamides is 1. The summed E-state index contributed by atoms with van der Waals surface area (Å²) in [7, 11) is -3.35. The van der Waals surface area contributed by atoms with Crippen LogP contribution in [0.2, 0.25) is 0 Å². The highest BCUT2D eigenvalue weighted by molar-refractivity contribution is 7.92. The molecule has 0 bridgehead atoms. The lowest BCUT2D eigenvalue weighted by molar-refractivity contribution is 0.398. The van der Waals surface area contributed by atoms with Crippen molar-refractivity contribution in [3.8, 4) is 38.3 Å². The Balaban J connectivity index is 1.63. The summed E-state index contributed by atoms with van der Waals surface area (Å²) >= 11 is 1.17. The van der Waals surface area contributed by atoms with Gasteiger partial charge in [0.05, 0.1) is 29.1 Å². The predicted molar refractivity (Wildman–Crippen MR) is 140 cm³/mol. The van der Waals surface area contributed by atoms with Gasteiger partial charge in [-0.15, -0.1) is 11.3 Å². The highest BCUT2D eigenvalue weighted by Crippen LogP contribution is 2.42. The van der Waals surface area contributed by atoms with E-state index in [0.29, 0.717) is 27.0 Å². The van der Waals surface area contributed by atoms with Gasteiger partial charge in [0.15, 0.2) is 10.7 Å². The normalized spacial score (nSPS) is 11.4. The first-order chi connectivity index (χ1) is 18.7. The lowest BCUT2D eigenvalue weighted by atomic mass is 10.1. The topological polar surface area (TPSA) is 133 Å². The van der Waals surface area contributed by atoms with Crippen molar-refractivity contribution in [3.63, 3.8) is 0 Å². The summed E-state index contributed by atoms with van der Waals surface area (Å²) in [5.41, 5.74) is 6.20. The van der Waals surface area contributed by atoms with Crippen molar-refractivity contribution in [2.45, 2.75) is 4.90 Å². The van der Waals surface area contributed by atoms with Gasteiger partial charge in [-0.1, -0.05) is 12.1 Å². The second kappa shape index (κ2) is 10.3. The molecular weight excluding hydrogens is 553 g/mol. The summed E-state index contributed by atoms with van der Waals surface area (Å²) < 4.78 is 76.8. The van der Waals surface area contributed by atoms with Crippen LogP contribution < -0.4 is 15.2 Å². The third-order valence-corrected chi connectivity index (χ3v) is 7.96. The molecule has 3 aromatic heterocycles. The van der Waals surface area contributed by atoms with Crippen LogP contribution in [0.5, 0.6) is 5.88 Å². The van der Waals surface area contributed by atoms with Gasteiger partial charge in [-0.25, -0.2) is 41.5 Å². The van der Waals surface area contributed by atoms with Gasteiger partial charge in [-0.2, -0.15) is 0 Å². The number of hydrogen-bond acceptors (Lipinski definition) is 9. The van der Waals surface area contributed by atoms with Crippen molar-refractivity contribution >= 4 is 33.0 Å². The van der Waals surface area contributed by atoms with Gasteiger partial charge >= 0.3 is 0 Å². The van der Waals surface area contributed by atoms with Crippen molar-refractivity contribution in [3.05, 3.63) is 84.4 Å². The lowest BCUT2D eigenvalue weighted by Gasteiger charge is -2.12. The number of benzene rings is 2. The average Bonchev–Trinajstić information content (AvgIpc) is 3.35. The molecule has 0 aliphatic heterocycles. The van der Waals surface area contributed by atoms with Gasteiger partial charge in [-0.3, -0.25) is 4.72 Å². The molecule has 14 heteroatoms. The van der Waals surface area contributed by atoms with E-state index in [2.05, 4.69) is 19.9 Å². The molecule has 39 heavy (non-hydrogen) atoms. The number of ether oxygens (including phenoxy) is 1. The maximum Gasteiger partial charge on any atom is 0.267 e. The molecule has 0 unspecified atom stereocenters. The Kier molecular flexibility index (Phi) is 6.89. The maximum absolute atomic E-state index is 15.9. The van der Waals surface area contributed by atoms with E-state index < -0.39 is 38.1 Å². The number of anilines is 2. The van der Waals surface area contributed by atoms with Crippen LogP contribution in [0.4, 0.5) is 24.8 Å². The number of hydrogen-bond donors (Lipinski definition) is 2. The molecule has 0 radical (unpaired) electrons. The Morgan fingerprint density at radius 1 is 0.949 bits per heavy atom. The molecule has 198 valence electrons. The minimum atomic E-state index is -4.82. The van der Waals surface area contributed by atoms with Crippen molar-refractivity contribution in [1.29, 1.82) is 0 Å². The first-order valence-electron chi connectivity index (χ1n) is 11.0. The number of thiazole rings is 1. The minimum absolute atomic E-state index is 0.0200. The van der Waals surface area contributed by atoms with Gasteiger partial charge in [0.25, 0.3) is 10.0 Å². The van der Waals surface area contributed by atoms with Gasteiger partial charge in [0, 0.05) is 29.6 Å². The molecule has 0 amide bonds. The summed E-state index contributed by atoms with van der Waals surface area (Å²) in [6.45, 7) is 0. The fourth-order valence-corrected chi connectivity index (χ4v) is 5.89. The summed E-state index contributed by atoms with van der Waals surface area (Å²) in [5.74, 6) is -3.30. The molecule has 3 N–H and O–H groups in total. The van der Waals surface area contributed by atoms with Gasteiger partial charge < -0.3 is 10.5 Å². The van der Waals surface area contributed by atoms with Gasteiger partial charge in [-0.05, 0) is 36.4 Å². The van der Waals surface area contributed by atoms with Crippen molar-refractivity contribution in [2.75, 3.05) is 17.6 Å². The van der Waals surface area contributed by atoms with Crippen LogP contribution in [0, 0.1) is 17.5 Å². The number of nitrogens with zero attached hydrogens (tertiary/aromatic N) is 4. The fourth-order valence-electron chi connectivity index (χ4n) is 3.66. The van der Waals surface area contributed by atoms with Crippen molar-refractivity contribution in [2.24, 2.45) is 0 Å². The third-order valence-electron chi connectivity index (χ3n) is 5.41. The molecule has 5 aromatic rings. The van der Waals surface area contributed by atoms with E-state index >= 15 is 4.39 Å². The van der Waals surface area contributed by atoms with Crippen LogP contribution in [-0.4, -0.2) is 35.5 Å². The molecule has 3 heterocycles. The van der Waals surface area contributed by atoms with E-state index in [4.69, 9.17) is 10.5 Å². The monoisotopic (exact) mass is 570 g/mol. The average molecular weight is 571 g/mol. The molecule has 0 atom stereocenters. The second-order valence-electron chi connectivity index (χ2n) is 7.91. The Hall–Kier alpha value is -4.56. The van der Waals surface area contributed by atoms with E-state index in [9.17, 15) is 17.2 Å². The molecule has 0 aliphatic carbocycles. The summed E-state index contributed by atoms with van der Waals surface area (Å²) in [6.07, 6.45) is 2.96. The smallest absolute Gasteiger partial charge is 0.267 e. The van der Waals surface area contributed by atoms with Crippen LogP contribution in [0.25, 0.3) is 32.4 Å². The molecule has 5 rings (SSSR count). The molecule has 0 saturated heterocycles. The zero-order valence-corrected chi connectivity index (χ0v) is 21.5. The van der Waals surface area contributed by atoms with E-state index in [1.807, 2.05) is 4.72 Å². The zero-order chi connectivity index (χ0) is 27.7. The predicted octanol–water partition coefficient (Wildman–Crippen LogP) is 5.14. The molecule has 2 aromatic carbocycles. The highest BCUT2D eigenvalue weighted by atomic mass is 32.2. The molecule has 0 fully saturated rings. The second-order valence-corrected chi connectivity index (χ2v) is 10.5. The maximum atomic E-state index is 15.9. The Morgan fingerprint density at radius 2 is 1.69 bits per heavy atom. The number of aromatic nitrogens is 4. The zero-order valence-electron chi connectivity index (χ0n) is 19.9. The highest BCUT2D eigenvalue weighted by Gasteiger charge is 2.27. The Labute approximate surface area is 224 Å². The summed E-state index contributed by atoms with van der Waals surface area (Å²) in [4.78, 5) is 16.1. The number of halogens is 3. The van der Waals surface area contributed by atoms with Crippen LogP contribution >= 0.6 is 11.3 Å². The van der Waals surface area contributed by atoms with Crippen LogP contribution in [0.1, 0.15) is 0 Å². The molecule has 0 aliphatic rings. The Morgan fingerprint density at radius 3 is 2.36 bits per heavy atom. The first kappa shape index (κ1) is 26.1. The fraction of sp³-hybridized carbons (Fsp3) is 0.0400. The Bertz CT molecular complexity index is 1780. The lowest BCUT2D eigenvalue weighted by Crippen LogP contribution is -2.17. The largest absolute Gasteiger partial charge is 0.481 e. The van der Waals surface area contributed by atoms with E-state index in [0.717, 1.165) is 24.3 Å². The van der Waals surface area contributed by atoms with Gasteiger partial charge in [0.2, 0.25) is 11.8 Å². The van der Waals surface area contributed by atoms with E-state index in [1.165, 1.54) is 43.0 Å². The van der Waals surface area contributed by atoms with Crippen LogP contribution in [0.15, 0.2) is 71.9 Å². The summed E-state index contributed by atoms with van der Waals surface area (Å²) in [5, 5.41) is 0.450. The molecule has 9 nitrogen and oxygen atoms in total. The summed E-state index contributed by atoms with van der Waals surface area (Å²) in [6, 6.07) is 11.4. The molecular formula is C25H17F3N6O3S2. The first-order valence-corrected chi connectivity index (χ1v) is 13.3. The number of methoxy groups -OCH3 is 1. The van der Waals surface area contributed by atoms with Crippen LogP contribution in [0.3, 0.4) is 0 Å². The standard InChI is InChI=1S/C25H17F3N6O3S2/c1-37-19-9-8-13(12-31-19)24-33-21(22(38-24)18-10-11-30-25(29)32-18)14-4-2-7-17(20(14)28)34-39(35,36)23-15(26)5-3-6-16(23)27/h2-12,34H,1H3,(H2,29,30,32). The van der Waals surface area contributed by atoms with Crippen LogP contribution in [-0.2, 0) is 10.0 Å². The quantitative estimate of drug-likeness (QED) is 0.275.